The minimum atomic E-state index is -0.0273. The van der Waals surface area contributed by atoms with E-state index in [1.807, 2.05) is 83.8 Å². The van der Waals surface area contributed by atoms with Gasteiger partial charge < -0.3 is 20.0 Å². The van der Waals surface area contributed by atoms with Gasteiger partial charge in [0.05, 0.1) is 16.3 Å². The smallest absolute Gasteiger partial charge is 0.256 e. The molecule has 1 N–H and O–H groups in total. The summed E-state index contributed by atoms with van der Waals surface area (Å²) in [6.07, 6.45) is 1.69. The molecule has 36 heavy (non-hydrogen) atoms. The molecule has 0 radical (unpaired) electrons. The molecule has 0 spiro atoms. The number of benzene rings is 3. The van der Waals surface area contributed by atoms with Gasteiger partial charge in [-0.15, -0.1) is 0 Å². The number of hydrogen-bond acceptors (Lipinski definition) is 4. The Hall–Kier alpha value is -3.51. The van der Waals surface area contributed by atoms with Crippen molar-refractivity contribution in [2.45, 2.75) is 18.9 Å². The van der Waals surface area contributed by atoms with Crippen molar-refractivity contribution >= 4 is 34.8 Å². The molecule has 7 heteroatoms. The molecule has 2 aliphatic rings. The molecule has 0 bridgehead atoms. The van der Waals surface area contributed by atoms with Gasteiger partial charge in [0.1, 0.15) is 0 Å². The largest absolute Gasteiger partial charge is 0.371 e. The lowest BCUT2D eigenvalue weighted by molar-refractivity contribution is 0.0747. The van der Waals surface area contributed by atoms with Crippen molar-refractivity contribution in [3.63, 3.8) is 0 Å². The maximum absolute atomic E-state index is 13.5. The monoisotopic (exact) mass is 502 g/mol. The number of carbonyl (C=O) groups is 2. The molecule has 6 nitrogen and oxygen atoms in total. The van der Waals surface area contributed by atoms with Crippen LogP contribution in [-0.4, -0.2) is 62.0 Å². The predicted molar refractivity (Wildman–Crippen MR) is 145 cm³/mol. The van der Waals surface area contributed by atoms with E-state index in [4.69, 9.17) is 11.6 Å². The Kier molecular flexibility index (Phi) is 7.42. The minimum absolute atomic E-state index is 0.0273. The first kappa shape index (κ1) is 24.2. The van der Waals surface area contributed by atoms with E-state index in [1.165, 1.54) is 0 Å². The Morgan fingerprint density at radius 2 is 1.28 bits per heavy atom. The number of amides is 2. The van der Waals surface area contributed by atoms with Crippen LogP contribution in [0.1, 0.15) is 33.6 Å². The van der Waals surface area contributed by atoms with E-state index in [0.29, 0.717) is 18.7 Å². The first-order valence-electron chi connectivity index (χ1n) is 12.6. The van der Waals surface area contributed by atoms with Crippen LogP contribution < -0.4 is 15.1 Å². The van der Waals surface area contributed by atoms with Crippen molar-refractivity contribution in [3.8, 4) is 0 Å². The van der Waals surface area contributed by atoms with Gasteiger partial charge in [-0.1, -0.05) is 54.1 Å². The number of para-hydroxylation sites is 2. The molecule has 2 saturated heterocycles. The summed E-state index contributed by atoms with van der Waals surface area (Å²) in [5, 5.41) is 3.90. The average Bonchev–Trinajstić information content (AvgIpc) is 2.94. The van der Waals surface area contributed by atoms with Crippen LogP contribution in [0, 0.1) is 0 Å². The Morgan fingerprint density at radius 3 is 1.97 bits per heavy atom. The lowest BCUT2D eigenvalue weighted by Crippen LogP contribution is -2.49. The Morgan fingerprint density at radius 1 is 0.694 bits per heavy atom. The zero-order chi connectivity index (χ0) is 24.9. The van der Waals surface area contributed by atoms with Crippen molar-refractivity contribution < 1.29 is 9.59 Å². The second-order valence-electron chi connectivity index (χ2n) is 9.35. The van der Waals surface area contributed by atoms with Crippen molar-refractivity contribution in [3.05, 3.63) is 95.0 Å². The molecule has 0 atom stereocenters. The highest BCUT2D eigenvalue weighted by atomic mass is 35.5. The van der Waals surface area contributed by atoms with Gasteiger partial charge in [0.25, 0.3) is 11.8 Å². The van der Waals surface area contributed by atoms with Crippen LogP contribution in [0.4, 0.5) is 11.4 Å². The third-order valence-corrected chi connectivity index (χ3v) is 7.42. The third kappa shape index (κ3) is 5.34. The van der Waals surface area contributed by atoms with Gasteiger partial charge in [0.2, 0.25) is 0 Å². The summed E-state index contributed by atoms with van der Waals surface area (Å²) < 4.78 is 0. The first-order valence-corrected chi connectivity index (χ1v) is 13.0. The standard InChI is InChI=1S/C29H31ClN4O2/c30-25-11-5-7-13-27(25)33-18-20-34(21-19-33)29(36)24-10-4-6-12-26(24)32-16-14-23(15-17-32)31-28(35)22-8-2-1-3-9-22/h1-13,23H,14-21H2,(H,31,35). The molecule has 3 aromatic rings. The molecular formula is C29H31ClN4O2. The number of hydrogen-bond donors (Lipinski definition) is 1. The molecule has 2 fully saturated rings. The molecule has 2 aliphatic heterocycles. The molecule has 5 rings (SSSR count). The lowest BCUT2D eigenvalue weighted by atomic mass is 10.0. The highest BCUT2D eigenvalue weighted by Gasteiger charge is 2.28. The Bertz CT molecular complexity index is 1200. The summed E-state index contributed by atoms with van der Waals surface area (Å²) in [7, 11) is 0. The number of rotatable bonds is 5. The number of nitrogens with one attached hydrogen (secondary N) is 1. The van der Waals surface area contributed by atoms with E-state index in [-0.39, 0.29) is 17.9 Å². The number of nitrogens with zero attached hydrogens (tertiary/aromatic N) is 3. The predicted octanol–water partition coefficient (Wildman–Crippen LogP) is 4.70. The lowest BCUT2D eigenvalue weighted by Gasteiger charge is -2.38. The van der Waals surface area contributed by atoms with Crippen LogP contribution in [-0.2, 0) is 0 Å². The van der Waals surface area contributed by atoms with Gasteiger partial charge in [-0.3, -0.25) is 9.59 Å². The fraction of sp³-hybridized carbons (Fsp3) is 0.310. The van der Waals surface area contributed by atoms with Gasteiger partial charge in [0, 0.05) is 56.6 Å². The molecule has 2 heterocycles. The summed E-state index contributed by atoms with van der Waals surface area (Å²) in [6.45, 7) is 4.42. The Balaban J connectivity index is 1.19. The topological polar surface area (TPSA) is 55.9 Å². The van der Waals surface area contributed by atoms with Gasteiger partial charge in [0.15, 0.2) is 0 Å². The summed E-state index contributed by atoms with van der Waals surface area (Å²) >= 11 is 6.38. The van der Waals surface area contributed by atoms with Crippen LogP contribution in [0.2, 0.25) is 5.02 Å². The second-order valence-corrected chi connectivity index (χ2v) is 9.76. The van der Waals surface area contributed by atoms with E-state index in [1.54, 1.807) is 0 Å². The highest BCUT2D eigenvalue weighted by Crippen LogP contribution is 2.28. The normalized spacial score (nSPS) is 16.6. The quantitative estimate of drug-likeness (QED) is 0.549. The van der Waals surface area contributed by atoms with Crippen LogP contribution in [0.3, 0.4) is 0 Å². The summed E-state index contributed by atoms with van der Waals surface area (Å²) in [5.74, 6) is 0.0458. The molecule has 0 aliphatic carbocycles. The fourth-order valence-electron chi connectivity index (χ4n) is 5.08. The maximum Gasteiger partial charge on any atom is 0.256 e. The van der Waals surface area contributed by atoms with E-state index in [2.05, 4.69) is 15.1 Å². The second kappa shape index (κ2) is 11.0. The van der Waals surface area contributed by atoms with Crippen molar-refractivity contribution in [2.75, 3.05) is 49.1 Å². The zero-order valence-corrected chi connectivity index (χ0v) is 21.0. The van der Waals surface area contributed by atoms with Gasteiger partial charge in [-0.25, -0.2) is 0 Å². The number of piperidine rings is 1. The van der Waals surface area contributed by atoms with E-state index in [9.17, 15) is 9.59 Å². The van der Waals surface area contributed by atoms with Crippen LogP contribution >= 0.6 is 11.6 Å². The number of halogens is 1. The fourth-order valence-corrected chi connectivity index (χ4v) is 5.34. The minimum Gasteiger partial charge on any atom is -0.371 e. The van der Waals surface area contributed by atoms with Crippen molar-refractivity contribution in [2.24, 2.45) is 0 Å². The number of carbonyl (C=O) groups excluding carboxylic acids is 2. The number of anilines is 2. The summed E-state index contributed by atoms with van der Waals surface area (Å²) in [4.78, 5) is 32.5. The first-order chi connectivity index (χ1) is 17.6. The van der Waals surface area contributed by atoms with Crippen LogP contribution in [0.5, 0.6) is 0 Å². The van der Waals surface area contributed by atoms with E-state index < -0.39 is 0 Å². The Labute approximate surface area is 217 Å². The molecular weight excluding hydrogens is 472 g/mol. The summed E-state index contributed by atoms with van der Waals surface area (Å²) in [6, 6.07) is 25.2. The molecule has 3 aromatic carbocycles. The maximum atomic E-state index is 13.5. The average molecular weight is 503 g/mol. The van der Waals surface area contributed by atoms with Crippen molar-refractivity contribution in [1.29, 1.82) is 0 Å². The van der Waals surface area contributed by atoms with Crippen LogP contribution in [0.25, 0.3) is 0 Å². The number of piperazine rings is 1. The zero-order valence-electron chi connectivity index (χ0n) is 20.3. The van der Waals surface area contributed by atoms with E-state index >= 15 is 0 Å². The van der Waals surface area contributed by atoms with Crippen molar-refractivity contribution in [1.82, 2.24) is 10.2 Å². The molecule has 0 unspecified atom stereocenters. The van der Waals surface area contributed by atoms with Gasteiger partial charge >= 0.3 is 0 Å². The molecule has 2 amide bonds. The van der Waals surface area contributed by atoms with Gasteiger partial charge in [-0.05, 0) is 49.2 Å². The summed E-state index contributed by atoms with van der Waals surface area (Å²) in [5.41, 5.74) is 3.43. The third-order valence-electron chi connectivity index (χ3n) is 7.10. The highest BCUT2D eigenvalue weighted by molar-refractivity contribution is 6.33. The van der Waals surface area contributed by atoms with Gasteiger partial charge in [-0.2, -0.15) is 0 Å². The SMILES string of the molecule is O=C(NC1CCN(c2ccccc2C(=O)N2CCN(c3ccccc3Cl)CC2)CC1)c1ccccc1. The molecule has 0 saturated carbocycles. The molecule has 0 aromatic heterocycles. The van der Waals surface area contributed by atoms with E-state index in [0.717, 1.165) is 61.0 Å². The molecule has 186 valence electrons. The van der Waals surface area contributed by atoms with Crippen LogP contribution in [0.15, 0.2) is 78.9 Å².